The van der Waals surface area contributed by atoms with Gasteiger partial charge >= 0.3 is 0 Å². The molecular weight excluding hydrogens is 539 g/mol. The van der Waals surface area contributed by atoms with Crippen LogP contribution < -0.4 is 4.90 Å². The molecule has 7 heteroatoms. The number of nitrogens with one attached hydrogen (secondary N) is 1. The normalized spacial score (nSPS) is 14.7. The summed E-state index contributed by atoms with van der Waals surface area (Å²) in [5.74, 6) is -0.562. The first kappa shape index (κ1) is 24.7. The highest BCUT2D eigenvalue weighted by Gasteiger charge is 2.42. The molecule has 0 fully saturated rings. The van der Waals surface area contributed by atoms with Crippen molar-refractivity contribution >= 4 is 45.8 Å². The summed E-state index contributed by atoms with van der Waals surface area (Å²) in [6.07, 6.45) is 0. The van der Waals surface area contributed by atoms with Crippen LogP contribution in [0.3, 0.4) is 0 Å². The second kappa shape index (κ2) is 9.70. The van der Waals surface area contributed by atoms with Crippen LogP contribution in [0, 0.1) is 6.92 Å². The van der Waals surface area contributed by atoms with Crippen molar-refractivity contribution in [1.82, 2.24) is 14.8 Å². The zero-order chi connectivity index (χ0) is 27.4. The average molecular weight is 563 g/mol. The summed E-state index contributed by atoms with van der Waals surface area (Å²) in [7, 11) is 0. The summed E-state index contributed by atoms with van der Waals surface area (Å²) < 4.78 is 1.91. The van der Waals surface area contributed by atoms with Gasteiger partial charge in [0.1, 0.15) is 5.65 Å². The fraction of sp³-hybridized carbons (Fsp3) is 0.0909. The van der Waals surface area contributed by atoms with Gasteiger partial charge in [-0.15, -0.1) is 0 Å². The molecule has 0 radical (unpaired) electrons. The third-order valence-corrected chi connectivity index (χ3v) is 8.04. The third kappa shape index (κ3) is 4.01. The Labute approximate surface area is 241 Å². The molecule has 1 aliphatic rings. The monoisotopic (exact) mass is 562 g/mol. The number of rotatable bonds is 5. The smallest absolute Gasteiger partial charge is 0.239 e. The number of hydrogen-bond donors (Lipinski definition) is 1. The van der Waals surface area contributed by atoms with Gasteiger partial charge in [0.25, 0.3) is 0 Å². The van der Waals surface area contributed by atoms with Crippen molar-refractivity contribution in [3.8, 4) is 16.9 Å². The lowest BCUT2D eigenvalue weighted by Gasteiger charge is -2.18. The molecule has 7 rings (SSSR count). The Balaban J connectivity index is 1.48. The Bertz CT molecular complexity index is 1880. The van der Waals surface area contributed by atoms with E-state index < -0.39 is 5.92 Å². The first-order valence-electron chi connectivity index (χ1n) is 13.1. The van der Waals surface area contributed by atoms with Crippen molar-refractivity contribution in [3.63, 3.8) is 0 Å². The van der Waals surface area contributed by atoms with Crippen LogP contribution >= 0.6 is 23.2 Å². The van der Waals surface area contributed by atoms with Crippen LogP contribution in [0.4, 0.5) is 5.69 Å². The maximum Gasteiger partial charge on any atom is 0.239 e. The second-order valence-electron chi connectivity index (χ2n) is 10.0. The van der Waals surface area contributed by atoms with E-state index in [0.29, 0.717) is 16.6 Å². The first-order valence-corrected chi connectivity index (χ1v) is 13.8. The number of amides is 1. The zero-order valence-electron chi connectivity index (χ0n) is 21.6. The van der Waals surface area contributed by atoms with Crippen LogP contribution in [-0.2, 0) is 11.3 Å². The highest BCUT2D eigenvalue weighted by atomic mass is 35.5. The molecule has 6 aromatic rings. The lowest BCUT2D eigenvalue weighted by molar-refractivity contribution is -0.118. The second-order valence-corrected chi connectivity index (χ2v) is 10.9. The molecule has 0 spiro atoms. The molecular formula is C33H24Cl2N4O. The van der Waals surface area contributed by atoms with Crippen LogP contribution in [0.25, 0.3) is 28.0 Å². The molecule has 1 aliphatic heterocycles. The van der Waals surface area contributed by atoms with Gasteiger partial charge in [-0.2, -0.15) is 5.10 Å². The van der Waals surface area contributed by atoms with E-state index in [1.807, 2.05) is 120 Å². The maximum absolute atomic E-state index is 14.5. The van der Waals surface area contributed by atoms with Crippen LogP contribution in [-0.4, -0.2) is 20.7 Å². The molecule has 1 unspecified atom stereocenters. The lowest BCUT2D eigenvalue weighted by atomic mass is 9.88. The van der Waals surface area contributed by atoms with Crippen molar-refractivity contribution < 1.29 is 4.79 Å². The molecule has 1 N–H and O–H groups in total. The Kier molecular flexibility index (Phi) is 5.99. The number of carbonyl (C=O) groups is 1. The number of aromatic amines is 1. The minimum atomic E-state index is -0.566. The summed E-state index contributed by atoms with van der Waals surface area (Å²) in [6, 6.07) is 33.4. The first-order chi connectivity index (χ1) is 19.5. The summed E-state index contributed by atoms with van der Waals surface area (Å²) in [5.41, 5.74) is 8.11. The van der Waals surface area contributed by atoms with Crippen molar-refractivity contribution in [2.75, 3.05) is 4.90 Å². The number of hydrogen-bond acceptors (Lipinski definition) is 2. The number of aryl methyl sites for hydroxylation is 1. The van der Waals surface area contributed by atoms with Crippen molar-refractivity contribution in [3.05, 3.63) is 136 Å². The van der Waals surface area contributed by atoms with Gasteiger partial charge in [0.05, 0.1) is 29.5 Å². The van der Waals surface area contributed by atoms with Gasteiger partial charge in [-0.1, -0.05) is 83.9 Å². The van der Waals surface area contributed by atoms with Crippen LogP contribution in [0.15, 0.2) is 103 Å². The van der Waals surface area contributed by atoms with E-state index in [4.69, 9.17) is 28.3 Å². The van der Waals surface area contributed by atoms with Gasteiger partial charge in [-0.05, 0) is 66.1 Å². The Morgan fingerprint density at radius 1 is 0.850 bits per heavy atom. The lowest BCUT2D eigenvalue weighted by Crippen LogP contribution is -2.28. The van der Waals surface area contributed by atoms with Gasteiger partial charge in [-0.25, -0.2) is 4.68 Å². The third-order valence-electron chi connectivity index (χ3n) is 7.55. The predicted molar refractivity (Wildman–Crippen MR) is 162 cm³/mol. The van der Waals surface area contributed by atoms with Crippen molar-refractivity contribution in [2.24, 2.45) is 0 Å². The van der Waals surface area contributed by atoms with E-state index in [2.05, 4.69) is 4.98 Å². The minimum absolute atomic E-state index is 0.00379. The van der Waals surface area contributed by atoms with Gasteiger partial charge < -0.3 is 9.88 Å². The number of H-pyrrole nitrogens is 1. The number of nitrogens with zero attached hydrogens (tertiary/aromatic N) is 3. The van der Waals surface area contributed by atoms with Gasteiger partial charge in [0.2, 0.25) is 5.91 Å². The van der Waals surface area contributed by atoms with E-state index in [0.717, 1.165) is 56.0 Å². The van der Waals surface area contributed by atoms with E-state index in [1.165, 1.54) is 0 Å². The number of carbonyl (C=O) groups excluding carboxylic acids is 1. The number of benzene rings is 4. The summed E-state index contributed by atoms with van der Waals surface area (Å²) in [5, 5.41) is 7.07. The number of aromatic nitrogens is 3. The summed E-state index contributed by atoms with van der Waals surface area (Å²) in [6.45, 7) is 2.46. The number of halogens is 2. The standard InChI is InChI=1S/C33H24Cl2N4O/c1-20-28-30(29-26-18-24(35)16-17-27(26)38(33(29)40)19-21-8-4-2-5-9-21)31(22-12-14-23(34)15-13-22)36-32(28)39(37-20)25-10-6-3-7-11-25/h2-18,29,36H,19H2,1H3. The molecule has 196 valence electrons. The zero-order valence-corrected chi connectivity index (χ0v) is 23.1. The largest absolute Gasteiger partial charge is 0.339 e. The fourth-order valence-corrected chi connectivity index (χ4v) is 6.09. The van der Waals surface area contributed by atoms with Crippen LogP contribution in [0.2, 0.25) is 10.0 Å². The SMILES string of the molecule is Cc1nn(-c2ccccc2)c2[nH]c(-c3ccc(Cl)cc3)c(C3C(=O)N(Cc4ccccc4)c4ccc(Cl)cc43)c12. The number of fused-ring (bicyclic) bond motifs is 2. The topological polar surface area (TPSA) is 53.9 Å². The Hall–Kier alpha value is -4.32. The highest BCUT2D eigenvalue weighted by molar-refractivity contribution is 6.31. The van der Waals surface area contributed by atoms with E-state index in [9.17, 15) is 4.79 Å². The molecule has 0 aliphatic carbocycles. The highest BCUT2D eigenvalue weighted by Crippen LogP contribution is 2.49. The van der Waals surface area contributed by atoms with Gasteiger partial charge in [-0.3, -0.25) is 4.79 Å². The molecule has 3 heterocycles. The fourth-order valence-electron chi connectivity index (χ4n) is 5.78. The molecule has 0 saturated carbocycles. The van der Waals surface area contributed by atoms with Crippen molar-refractivity contribution in [2.45, 2.75) is 19.4 Å². The minimum Gasteiger partial charge on any atom is -0.339 e. The predicted octanol–water partition coefficient (Wildman–Crippen LogP) is 8.31. The van der Waals surface area contributed by atoms with Gasteiger partial charge in [0.15, 0.2) is 0 Å². The molecule has 0 bridgehead atoms. The molecule has 1 atom stereocenters. The number of anilines is 1. The average Bonchev–Trinajstić information content (AvgIpc) is 3.59. The number of para-hydroxylation sites is 1. The molecule has 1 amide bonds. The van der Waals surface area contributed by atoms with E-state index in [1.54, 1.807) is 0 Å². The van der Waals surface area contributed by atoms with Crippen molar-refractivity contribution in [1.29, 1.82) is 0 Å². The van der Waals surface area contributed by atoms with Crippen LogP contribution in [0.5, 0.6) is 0 Å². The van der Waals surface area contributed by atoms with E-state index in [-0.39, 0.29) is 5.91 Å². The Morgan fingerprint density at radius 3 is 2.25 bits per heavy atom. The summed E-state index contributed by atoms with van der Waals surface area (Å²) in [4.78, 5) is 20.0. The van der Waals surface area contributed by atoms with E-state index >= 15 is 0 Å². The molecule has 0 saturated heterocycles. The van der Waals surface area contributed by atoms with Crippen LogP contribution in [0.1, 0.15) is 28.3 Å². The Morgan fingerprint density at radius 2 is 1.52 bits per heavy atom. The van der Waals surface area contributed by atoms with Gasteiger partial charge in [0, 0.05) is 26.7 Å². The maximum atomic E-state index is 14.5. The quantitative estimate of drug-likeness (QED) is 0.229. The molecule has 2 aromatic heterocycles. The summed E-state index contributed by atoms with van der Waals surface area (Å²) >= 11 is 12.8. The molecule has 5 nitrogen and oxygen atoms in total. The molecule has 4 aromatic carbocycles. The molecule has 40 heavy (non-hydrogen) atoms.